The highest BCUT2D eigenvalue weighted by molar-refractivity contribution is 7.89. The van der Waals surface area contributed by atoms with Gasteiger partial charge in [-0.1, -0.05) is 18.2 Å². The van der Waals surface area contributed by atoms with Gasteiger partial charge in [0.15, 0.2) is 5.82 Å². The molecule has 2 aromatic carbocycles. The Balaban J connectivity index is 1.85. The minimum absolute atomic E-state index is 0.101. The van der Waals surface area contributed by atoms with Gasteiger partial charge in [0, 0.05) is 23.9 Å². The number of anilines is 1. The summed E-state index contributed by atoms with van der Waals surface area (Å²) in [4.78, 5) is 12.5. The SMILES string of the molecule is COc1ccc(C(=O)Nc2ccn(-c3ccccc3)n2)cc1S(=O)(=O)NC(C)C. The molecule has 0 aliphatic rings. The van der Waals surface area contributed by atoms with Crippen LogP contribution < -0.4 is 14.8 Å². The van der Waals surface area contributed by atoms with Gasteiger partial charge in [-0.3, -0.25) is 4.79 Å². The van der Waals surface area contributed by atoms with Gasteiger partial charge in [-0.2, -0.15) is 5.10 Å². The summed E-state index contributed by atoms with van der Waals surface area (Å²) in [6, 6.07) is 15.0. The normalized spacial score (nSPS) is 11.4. The fourth-order valence-electron chi connectivity index (χ4n) is 2.71. The molecule has 1 aromatic heterocycles. The second-order valence-corrected chi connectivity index (χ2v) is 8.26. The van der Waals surface area contributed by atoms with Crippen LogP contribution >= 0.6 is 0 Å². The number of hydrogen-bond acceptors (Lipinski definition) is 5. The molecule has 152 valence electrons. The van der Waals surface area contributed by atoms with Gasteiger partial charge < -0.3 is 10.1 Å². The zero-order valence-corrected chi connectivity index (χ0v) is 17.1. The van der Waals surface area contributed by atoms with E-state index in [1.54, 1.807) is 30.8 Å². The molecule has 0 aliphatic heterocycles. The van der Waals surface area contributed by atoms with Crippen LogP contribution in [-0.4, -0.2) is 37.3 Å². The van der Waals surface area contributed by atoms with Crippen molar-refractivity contribution in [2.75, 3.05) is 12.4 Å². The summed E-state index contributed by atoms with van der Waals surface area (Å²) < 4.78 is 34.4. The van der Waals surface area contributed by atoms with E-state index in [2.05, 4.69) is 15.1 Å². The number of carbonyl (C=O) groups excluding carboxylic acids is 1. The van der Waals surface area contributed by atoms with Crippen LogP contribution in [0, 0.1) is 0 Å². The summed E-state index contributed by atoms with van der Waals surface area (Å²) in [5.41, 5.74) is 1.02. The molecule has 3 rings (SSSR count). The van der Waals surface area contributed by atoms with Gasteiger partial charge >= 0.3 is 0 Å². The number of para-hydroxylation sites is 1. The van der Waals surface area contributed by atoms with Crippen LogP contribution in [0.3, 0.4) is 0 Å². The molecular weight excluding hydrogens is 392 g/mol. The molecule has 0 bridgehead atoms. The van der Waals surface area contributed by atoms with E-state index in [9.17, 15) is 13.2 Å². The standard InChI is InChI=1S/C20H22N4O4S/c1-14(2)23-29(26,27)18-13-15(9-10-17(18)28-3)20(25)21-19-11-12-24(22-19)16-7-5-4-6-8-16/h4-14,23H,1-3H3,(H,21,22,25). The maximum atomic E-state index is 12.6. The lowest BCUT2D eigenvalue weighted by molar-refractivity contribution is 0.102. The van der Waals surface area contributed by atoms with Crippen molar-refractivity contribution in [1.29, 1.82) is 0 Å². The Morgan fingerprint density at radius 2 is 1.83 bits per heavy atom. The molecule has 0 saturated carbocycles. The van der Waals surface area contributed by atoms with Crippen molar-refractivity contribution in [3.63, 3.8) is 0 Å². The largest absolute Gasteiger partial charge is 0.495 e. The average Bonchev–Trinajstić information content (AvgIpc) is 3.15. The van der Waals surface area contributed by atoms with E-state index in [1.807, 2.05) is 30.3 Å². The number of carbonyl (C=O) groups is 1. The number of benzene rings is 2. The average molecular weight is 414 g/mol. The van der Waals surface area contributed by atoms with E-state index >= 15 is 0 Å². The number of nitrogens with one attached hydrogen (secondary N) is 2. The van der Waals surface area contributed by atoms with Crippen LogP contribution in [0.2, 0.25) is 0 Å². The molecule has 29 heavy (non-hydrogen) atoms. The summed E-state index contributed by atoms with van der Waals surface area (Å²) >= 11 is 0. The van der Waals surface area contributed by atoms with Crippen LogP contribution in [0.1, 0.15) is 24.2 Å². The van der Waals surface area contributed by atoms with Crippen molar-refractivity contribution < 1.29 is 17.9 Å². The molecule has 0 fully saturated rings. The molecule has 0 spiro atoms. The number of aromatic nitrogens is 2. The summed E-state index contributed by atoms with van der Waals surface area (Å²) in [7, 11) is -2.46. The second-order valence-electron chi connectivity index (χ2n) is 6.58. The van der Waals surface area contributed by atoms with Gasteiger partial charge in [-0.05, 0) is 44.2 Å². The smallest absolute Gasteiger partial charge is 0.256 e. The van der Waals surface area contributed by atoms with Crippen LogP contribution in [0.4, 0.5) is 5.82 Å². The summed E-state index contributed by atoms with van der Waals surface area (Å²) in [6.07, 6.45) is 1.72. The Labute approximate surface area is 169 Å². The highest BCUT2D eigenvalue weighted by Gasteiger charge is 2.22. The molecular formula is C20H22N4O4S. The first kappa shape index (κ1) is 20.6. The van der Waals surface area contributed by atoms with Crippen LogP contribution in [0.5, 0.6) is 5.75 Å². The molecule has 9 heteroatoms. The minimum atomic E-state index is -3.84. The van der Waals surface area contributed by atoms with E-state index in [0.717, 1.165) is 5.69 Å². The third kappa shape index (κ3) is 4.82. The van der Waals surface area contributed by atoms with Crippen molar-refractivity contribution in [2.24, 2.45) is 0 Å². The van der Waals surface area contributed by atoms with Crippen molar-refractivity contribution in [3.8, 4) is 11.4 Å². The maximum absolute atomic E-state index is 12.6. The third-order valence-electron chi connectivity index (χ3n) is 3.96. The Hall–Kier alpha value is -3.17. The number of hydrogen-bond donors (Lipinski definition) is 2. The molecule has 0 atom stereocenters. The number of sulfonamides is 1. The van der Waals surface area contributed by atoms with Crippen molar-refractivity contribution >= 4 is 21.7 Å². The fraction of sp³-hybridized carbons (Fsp3) is 0.200. The number of amides is 1. The molecule has 1 heterocycles. The predicted octanol–water partition coefficient (Wildman–Crippen LogP) is 2.82. The molecule has 8 nitrogen and oxygen atoms in total. The van der Waals surface area contributed by atoms with E-state index < -0.39 is 15.9 Å². The molecule has 1 amide bonds. The Bertz CT molecular complexity index is 1110. The third-order valence-corrected chi connectivity index (χ3v) is 5.64. The number of nitrogens with zero attached hydrogens (tertiary/aromatic N) is 2. The number of ether oxygens (including phenoxy) is 1. The summed E-state index contributed by atoms with van der Waals surface area (Å²) in [6.45, 7) is 3.42. The van der Waals surface area contributed by atoms with Crippen LogP contribution in [0.15, 0.2) is 65.7 Å². The first-order valence-corrected chi connectivity index (χ1v) is 10.4. The van der Waals surface area contributed by atoms with Gasteiger partial charge in [-0.25, -0.2) is 17.8 Å². The highest BCUT2D eigenvalue weighted by atomic mass is 32.2. The quantitative estimate of drug-likeness (QED) is 0.619. The number of rotatable bonds is 7. The molecule has 0 unspecified atom stereocenters. The van der Waals surface area contributed by atoms with E-state index in [4.69, 9.17) is 4.74 Å². The first-order chi connectivity index (χ1) is 13.8. The van der Waals surface area contributed by atoms with Crippen LogP contribution in [-0.2, 0) is 10.0 Å². The van der Waals surface area contributed by atoms with E-state index in [1.165, 1.54) is 25.3 Å². The topological polar surface area (TPSA) is 102 Å². The Kier molecular flexibility index (Phi) is 6.00. The maximum Gasteiger partial charge on any atom is 0.256 e. The van der Waals surface area contributed by atoms with E-state index in [-0.39, 0.29) is 22.3 Å². The van der Waals surface area contributed by atoms with Gasteiger partial charge in [0.2, 0.25) is 10.0 Å². The lowest BCUT2D eigenvalue weighted by Gasteiger charge is -2.14. The van der Waals surface area contributed by atoms with Gasteiger partial charge in [0.25, 0.3) is 5.91 Å². The summed E-state index contributed by atoms with van der Waals surface area (Å²) in [5.74, 6) is 0.0226. The monoisotopic (exact) mass is 414 g/mol. The van der Waals surface area contributed by atoms with Crippen molar-refractivity contribution in [2.45, 2.75) is 24.8 Å². The summed E-state index contributed by atoms with van der Waals surface area (Å²) in [5, 5.41) is 7.00. The minimum Gasteiger partial charge on any atom is -0.495 e. The predicted molar refractivity (Wildman–Crippen MR) is 110 cm³/mol. The van der Waals surface area contributed by atoms with Crippen molar-refractivity contribution in [3.05, 3.63) is 66.4 Å². The lowest BCUT2D eigenvalue weighted by Crippen LogP contribution is -2.30. The molecule has 2 N–H and O–H groups in total. The first-order valence-electron chi connectivity index (χ1n) is 8.93. The molecule has 0 aliphatic carbocycles. The second kappa shape index (κ2) is 8.46. The molecule has 0 radical (unpaired) electrons. The Morgan fingerprint density at radius 3 is 2.48 bits per heavy atom. The zero-order valence-electron chi connectivity index (χ0n) is 16.3. The highest BCUT2D eigenvalue weighted by Crippen LogP contribution is 2.25. The lowest BCUT2D eigenvalue weighted by atomic mass is 10.2. The fourth-order valence-corrected chi connectivity index (χ4v) is 4.15. The van der Waals surface area contributed by atoms with Gasteiger partial charge in [0.1, 0.15) is 10.6 Å². The number of methoxy groups -OCH3 is 1. The molecule has 3 aromatic rings. The van der Waals surface area contributed by atoms with Crippen molar-refractivity contribution in [1.82, 2.24) is 14.5 Å². The Morgan fingerprint density at radius 1 is 1.10 bits per heavy atom. The van der Waals surface area contributed by atoms with Crippen LogP contribution in [0.25, 0.3) is 5.69 Å². The zero-order chi connectivity index (χ0) is 21.0. The van der Waals surface area contributed by atoms with Gasteiger partial charge in [0.05, 0.1) is 12.8 Å². The molecule has 0 saturated heterocycles. The van der Waals surface area contributed by atoms with E-state index in [0.29, 0.717) is 5.82 Å². The van der Waals surface area contributed by atoms with Gasteiger partial charge in [-0.15, -0.1) is 0 Å².